The van der Waals surface area contributed by atoms with E-state index in [-0.39, 0.29) is 0 Å². The molecule has 4 heteroatoms. The van der Waals surface area contributed by atoms with Crippen molar-refractivity contribution in [2.24, 2.45) is 0 Å². The molecule has 0 aromatic heterocycles. The van der Waals surface area contributed by atoms with Crippen molar-refractivity contribution in [2.75, 3.05) is 57.3 Å². The average Bonchev–Trinajstić information content (AvgIpc) is 2.55. The number of rotatable bonds is 5. The number of nitrogens with zero attached hydrogens (tertiary/aromatic N) is 2. The second-order valence-electron chi connectivity index (χ2n) is 6.10. The van der Waals surface area contributed by atoms with Gasteiger partial charge >= 0.3 is 0 Å². The minimum atomic E-state index is 0.609. The van der Waals surface area contributed by atoms with Crippen molar-refractivity contribution < 1.29 is 0 Å². The number of thioether (sulfide) groups is 1. The van der Waals surface area contributed by atoms with Gasteiger partial charge in [-0.1, -0.05) is 30.3 Å². The van der Waals surface area contributed by atoms with Gasteiger partial charge in [0, 0.05) is 63.4 Å². The molecule has 2 heterocycles. The molecule has 1 N–H and O–H groups in total. The van der Waals surface area contributed by atoms with E-state index < -0.39 is 0 Å². The molecule has 2 aliphatic heterocycles. The zero-order valence-corrected chi connectivity index (χ0v) is 13.7. The minimum Gasteiger partial charge on any atom is -0.311 e. The van der Waals surface area contributed by atoms with Crippen LogP contribution in [0, 0.1) is 0 Å². The van der Waals surface area contributed by atoms with Crippen LogP contribution >= 0.6 is 11.8 Å². The summed E-state index contributed by atoms with van der Waals surface area (Å²) in [7, 11) is 0. The smallest absolute Gasteiger partial charge is 0.0235 e. The van der Waals surface area contributed by atoms with Gasteiger partial charge in [-0.2, -0.15) is 11.8 Å². The van der Waals surface area contributed by atoms with Crippen LogP contribution in [0.5, 0.6) is 0 Å². The first kappa shape index (κ1) is 15.3. The Bertz CT molecular complexity index is 406. The van der Waals surface area contributed by atoms with E-state index in [2.05, 4.69) is 57.2 Å². The Balaban J connectivity index is 1.42. The number of benzene rings is 1. The van der Waals surface area contributed by atoms with Crippen molar-refractivity contribution in [1.82, 2.24) is 15.1 Å². The van der Waals surface area contributed by atoms with E-state index in [1.54, 1.807) is 0 Å². The van der Waals surface area contributed by atoms with Gasteiger partial charge in [0.25, 0.3) is 0 Å². The molecule has 1 aromatic rings. The van der Waals surface area contributed by atoms with Gasteiger partial charge in [-0.05, 0) is 12.0 Å². The third-order valence-electron chi connectivity index (χ3n) is 4.50. The molecule has 0 saturated carbocycles. The second-order valence-corrected chi connectivity index (χ2v) is 7.32. The molecule has 3 rings (SSSR count). The summed E-state index contributed by atoms with van der Waals surface area (Å²) in [6.45, 7) is 8.57. The fraction of sp³-hybridized carbons (Fsp3) is 0.647. The van der Waals surface area contributed by atoms with E-state index in [4.69, 9.17) is 0 Å². The second kappa shape index (κ2) is 8.18. The molecule has 3 nitrogen and oxygen atoms in total. The van der Waals surface area contributed by atoms with Crippen molar-refractivity contribution in [1.29, 1.82) is 0 Å². The molecule has 0 bridgehead atoms. The van der Waals surface area contributed by atoms with E-state index in [9.17, 15) is 0 Å². The Hall–Kier alpha value is -0.550. The lowest BCUT2D eigenvalue weighted by atomic mass is 10.0. The first-order chi connectivity index (χ1) is 10.4. The maximum absolute atomic E-state index is 3.68. The van der Waals surface area contributed by atoms with Gasteiger partial charge in [0.1, 0.15) is 0 Å². The molecule has 1 unspecified atom stereocenters. The molecule has 2 fully saturated rings. The molecule has 2 saturated heterocycles. The fourth-order valence-electron chi connectivity index (χ4n) is 3.24. The van der Waals surface area contributed by atoms with Crippen LogP contribution in [0.2, 0.25) is 0 Å². The van der Waals surface area contributed by atoms with E-state index >= 15 is 0 Å². The molecule has 2 aliphatic rings. The Morgan fingerprint density at radius 2 is 1.76 bits per heavy atom. The Kier molecular flexibility index (Phi) is 5.98. The highest BCUT2D eigenvalue weighted by Gasteiger charge is 2.20. The summed E-state index contributed by atoms with van der Waals surface area (Å²) in [5, 5.41) is 3.68. The van der Waals surface area contributed by atoms with Crippen LogP contribution in [-0.4, -0.2) is 73.2 Å². The monoisotopic (exact) mass is 305 g/mol. The first-order valence-corrected chi connectivity index (χ1v) is 9.35. The van der Waals surface area contributed by atoms with Gasteiger partial charge in [0.05, 0.1) is 0 Å². The lowest BCUT2D eigenvalue weighted by Gasteiger charge is -2.35. The van der Waals surface area contributed by atoms with Crippen LogP contribution in [0.25, 0.3) is 0 Å². The average molecular weight is 305 g/mol. The highest BCUT2D eigenvalue weighted by molar-refractivity contribution is 7.99. The third kappa shape index (κ3) is 4.99. The zero-order valence-electron chi connectivity index (χ0n) is 12.8. The van der Waals surface area contributed by atoms with E-state index in [0.29, 0.717) is 6.04 Å². The number of nitrogens with one attached hydrogen (secondary N) is 1. The topological polar surface area (TPSA) is 18.5 Å². The molecular formula is C17H27N3S. The maximum Gasteiger partial charge on any atom is 0.0235 e. The Morgan fingerprint density at radius 1 is 1.00 bits per heavy atom. The standard InChI is InChI=1S/C17H27N3S/c1-2-4-16(5-3-1)14-17-15-20(7-6-18-17)9-8-19-10-12-21-13-11-19/h1-5,17-18H,6-15H2. The van der Waals surface area contributed by atoms with Crippen molar-refractivity contribution in [3.8, 4) is 0 Å². The molecule has 1 atom stereocenters. The quantitative estimate of drug-likeness (QED) is 0.889. The SMILES string of the molecule is c1ccc(CC2CN(CCN3CCSCC3)CCN2)cc1. The van der Waals surface area contributed by atoms with Gasteiger partial charge in [0.2, 0.25) is 0 Å². The molecule has 0 amide bonds. The summed E-state index contributed by atoms with van der Waals surface area (Å²) >= 11 is 2.10. The van der Waals surface area contributed by atoms with Gasteiger partial charge in [-0.15, -0.1) is 0 Å². The van der Waals surface area contributed by atoms with Gasteiger partial charge in [0.15, 0.2) is 0 Å². The summed E-state index contributed by atoms with van der Waals surface area (Å²) in [5.41, 5.74) is 1.45. The number of hydrogen-bond acceptors (Lipinski definition) is 4. The van der Waals surface area contributed by atoms with Crippen molar-refractivity contribution >= 4 is 11.8 Å². The molecular weight excluding hydrogens is 278 g/mol. The highest BCUT2D eigenvalue weighted by atomic mass is 32.2. The number of piperazine rings is 1. The summed E-state index contributed by atoms with van der Waals surface area (Å²) in [6, 6.07) is 11.5. The Labute approximate surface area is 133 Å². The van der Waals surface area contributed by atoms with E-state index in [1.807, 2.05) is 0 Å². The van der Waals surface area contributed by atoms with Crippen LogP contribution in [-0.2, 0) is 6.42 Å². The molecule has 21 heavy (non-hydrogen) atoms. The molecule has 1 aromatic carbocycles. The number of hydrogen-bond donors (Lipinski definition) is 1. The highest BCUT2D eigenvalue weighted by Crippen LogP contribution is 2.10. The van der Waals surface area contributed by atoms with Crippen molar-refractivity contribution in [3.05, 3.63) is 35.9 Å². The predicted molar refractivity (Wildman–Crippen MR) is 92.1 cm³/mol. The normalized spacial score (nSPS) is 25.0. The van der Waals surface area contributed by atoms with E-state index in [0.717, 1.165) is 13.0 Å². The largest absolute Gasteiger partial charge is 0.311 e. The summed E-state index contributed by atoms with van der Waals surface area (Å²) in [6.07, 6.45) is 1.15. The van der Waals surface area contributed by atoms with Crippen LogP contribution in [0.1, 0.15) is 5.56 Å². The third-order valence-corrected chi connectivity index (χ3v) is 5.44. The van der Waals surface area contributed by atoms with Crippen LogP contribution in [0.4, 0.5) is 0 Å². The molecule has 0 spiro atoms. The molecule has 0 aliphatic carbocycles. The lowest BCUT2D eigenvalue weighted by molar-refractivity contribution is 0.170. The molecule has 0 radical (unpaired) electrons. The van der Waals surface area contributed by atoms with Crippen LogP contribution < -0.4 is 5.32 Å². The summed E-state index contributed by atoms with van der Waals surface area (Å²) < 4.78 is 0. The lowest BCUT2D eigenvalue weighted by Crippen LogP contribution is -2.53. The molecule has 116 valence electrons. The first-order valence-electron chi connectivity index (χ1n) is 8.20. The van der Waals surface area contributed by atoms with Crippen molar-refractivity contribution in [2.45, 2.75) is 12.5 Å². The fourth-order valence-corrected chi connectivity index (χ4v) is 4.22. The maximum atomic E-state index is 3.68. The van der Waals surface area contributed by atoms with Gasteiger partial charge < -0.3 is 10.2 Å². The van der Waals surface area contributed by atoms with Crippen LogP contribution in [0.15, 0.2) is 30.3 Å². The van der Waals surface area contributed by atoms with E-state index in [1.165, 1.54) is 56.3 Å². The van der Waals surface area contributed by atoms with Crippen molar-refractivity contribution in [3.63, 3.8) is 0 Å². The Morgan fingerprint density at radius 3 is 2.57 bits per heavy atom. The van der Waals surface area contributed by atoms with Gasteiger partial charge in [-0.3, -0.25) is 4.90 Å². The van der Waals surface area contributed by atoms with Gasteiger partial charge in [-0.25, -0.2) is 0 Å². The summed E-state index contributed by atoms with van der Waals surface area (Å²) in [4.78, 5) is 5.27. The zero-order chi connectivity index (χ0) is 14.3. The van der Waals surface area contributed by atoms with Crippen LogP contribution in [0.3, 0.4) is 0 Å². The predicted octanol–water partition coefficient (Wildman–Crippen LogP) is 1.55. The minimum absolute atomic E-state index is 0.609. The summed E-state index contributed by atoms with van der Waals surface area (Å²) in [5.74, 6) is 2.64.